The van der Waals surface area contributed by atoms with Crippen molar-refractivity contribution >= 4 is 12.4 Å². The summed E-state index contributed by atoms with van der Waals surface area (Å²) in [6, 6.07) is 8.11. The van der Waals surface area contributed by atoms with Gasteiger partial charge in [-0.3, -0.25) is 0 Å². The van der Waals surface area contributed by atoms with E-state index >= 15 is 0 Å². The third-order valence-corrected chi connectivity index (χ3v) is 2.16. The van der Waals surface area contributed by atoms with Gasteiger partial charge in [-0.25, -0.2) is 0 Å². The van der Waals surface area contributed by atoms with Crippen molar-refractivity contribution < 1.29 is 9.84 Å². The fourth-order valence-corrected chi connectivity index (χ4v) is 1.17. The summed E-state index contributed by atoms with van der Waals surface area (Å²) in [7, 11) is 0. The number of halogens is 1. The van der Waals surface area contributed by atoms with Gasteiger partial charge >= 0.3 is 0 Å². The van der Waals surface area contributed by atoms with Gasteiger partial charge in [-0.1, -0.05) is 17.7 Å². The molecular formula is C12H20ClNO2. The summed E-state index contributed by atoms with van der Waals surface area (Å²) in [4.78, 5) is 0. The van der Waals surface area contributed by atoms with Crippen LogP contribution in [0.1, 0.15) is 12.5 Å². The van der Waals surface area contributed by atoms with E-state index in [0.717, 1.165) is 12.3 Å². The van der Waals surface area contributed by atoms with E-state index in [2.05, 4.69) is 5.32 Å². The van der Waals surface area contributed by atoms with Gasteiger partial charge in [-0.15, -0.1) is 12.4 Å². The van der Waals surface area contributed by atoms with E-state index in [1.54, 1.807) is 0 Å². The van der Waals surface area contributed by atoms with Crippen LogP contribution in [0.5, 0.6) is 5.75 Å². The van der Waals surface area contributed by atoms with Crippen LogP contribution in [0.25, 0.3) is 0 Å². The lowest BCUT2D eigenvalue weighted by Gasteiger charge is -2.11. The normalized spacial score (nSPS) is 11.7. The van der Waals surface area contributed by atoms with Gasteiger partial charge in [0.05, 0.1) is 6.61 Å². The van der Waals surface area contributed by atoms with Gasteiger partial charge in [-0.2, -0.15) is 0 Å². The Balaban J connectivity index is 0.00000225. The molecule has 0 bridgehead atoms. The molecule has 92 valence electrons. The monoisotopic (exact) mass is 245 g/mol. The zero-order chi connectivity index (χ0) is 11.1. The third-order valence-electron chi connectivity index (χ3n) is 2.16. The molecule has 1 aromatic rings. The zero-order valence-corrected chi connectivity index (χ0v) is 10.6. The number of rotatable bonds is 6. The standard InChI is InChI=1S/C12H19NO2.ClH/c1-10-3-5-12(6-4-10)15-8-7-13-11(2)9-14;/h3-6,11,13-14H,7-9H2,1-2H3;1H/t11-;/m0./s1. The lowest BCUT2D eigenvalue weighted by molar-refractivity contribution is 0.239. The largest absolute Gasteiger partial charge is 0.492 e. The number of ether oxygens (including phenoxy) is 1. The lowest BCUT2D eigenvalue weighted by atomic mass is 10.2. The van der Waals surface area contributed by atoms with E-state index in [9.17, 15) is 0 Å². The third kappa shape index (κ3) is 5.95. The molecule has 0 unspecified atom stereocenters. The van der Waals surface area contributed by atoms with Gasteiger partial charge in [0, 0.05) is 12.6 Å². The van der Waals surface area contributed by atoms with E-state index in [0.29, 0.717) is 6.61 Å². The molecule has 1 rings (SSSR count). The Labute approximate surface area is 103 Å². The molecule has 0 fully saturated rings. The molecule has 0 heterocycles. The van der Waals surface area contributed by atoms with E-state index in [1.807, 2.05) is 38.1 Å². The SMILES string of the molecule is Cc1ccc(OCCN[C@@H](C)CO)cc1.Cl. The smallest absolute Gasteiger partial charge is 0.119 e. The molecule has 0 saturated heterocycles. The Morgan fingerprint density at radius 1 is 1.31 bits per heavy atom. The maximum Gasteiger partial charge on any atom is 0.119 e. The quantitative estimate of drug-likeness (QED) is 0.751. The minimum atomic E-state index is 0. The molecule has 0 aliphatic carbocycles. The highest BCUT2D eigenvalue weighted by Crippen LogP contribution is 2.10. The van der Waals surface area contributed by atoms with Crippen molar-refractivity contribution in [3.05, 3.63) is 29.8 Å². The minimum absolute atomic E-state index is 0. The van der Waals surface area contributed by atoms with Crippen LogP contribution < -0.4 is 10.1 Å². The van der Waals surface area contributed by atoms with Crippen LogP contribution in [0.3, 0.4) is 0 Å². The van der Waals surface area contributed by atoms with E-state index in [1.165, 1.54) is 5.56 Å². The topological polar surface area (TPSA) is 41.5 Å². The molecule has 0 spiro atoms. The maximum atomic E-state index is 8.78. The van der Waals surface area contributed by atoms with Gasteiger partial charge in [0.15, 0.2) is 0 Å². The van der Waals surface area contributed by atoms with Crippen molar-refractivity contribution in [1.82, 2.24) is 5.32 Å². The molecule has 0 radical (unpaired) electrons. The fourth-order valence-electron chi connectivity index (χ4n) is 1.17. The van der Waals surface area contributed by atoms with Crippen LogP contribution in [0.2, 0.25) is 0 Å². The Morgan fingerprint density at radius 2 is 1.94 bits per heavy atom. The van der Waals surface area contributed by atoms with E-state index in [4.69, 9.17) is 9.84 Å². The zero-order valence-electron chi connectivity index (χ0n) is 9.77. The highest BCUT2D eigenvalue weighted by atomic mass is 35.5. The second-order valence-electron chi connectivity index (χ2n) is 3.70. The number of nitrogens with one attached hydrogen (secondary N) is 1. The minimum Gasteiger partial charge on any atom is -0.492 e. The van der Waals surface area contributed by atoms with Crippen molar-refractivity contribution in [2.24, 2.45) is 0 Å². The van der Waals surface area contributed by atoms with Gasteiger partial charge < -0.3 is 15.2 Å². The number of aliphatic hydroxyl groups is 1. The van der Waals surface area contributed by atoms with Crippen LogP contribution in [-0.4, -0.2) is 30.9 Å². The molecule has 0 aromatic heterocycles. The number of hydrogen-bond donors (Lipinski definition) is 2. The summed E-state index contributed by atoms with van der Waals surface area (Å²) in [5, 5.41) is 11.9. The molecule has 1 atom stereocenters. The average Bonchev–Trinajstić information content (AvgIpc) is 2.26. The Hall–Kier alpha value is -0.770. The van der Waals surface area contributed by atoms with Gasteiger partial charge in [-0.05, 0) is 26.0 Å². The summed E-state index contributed by atoms with van der Waals surface area (Å²) < 4.78 is 5.51. The van der Waals surface area contributed by atoms with Crippen LogP contribution in [0.4, 0.5) is 0 Å². The second kappa shape index (κ2) is 8.39. The second-order valence-corrected chi connectivity index (χ2v) is 3.70. The highest BCUT2D eigenvalue weighted by Gasteiger charge is 1.97. The summed E-state index contributed by atoms with van der Waals surface area (Å²) in [6.45, 7) is 5.51. The van der Waals surface area contributed by atoms with Crippen LogP contribution >= 0.6 is 12.4 Å². The van der Waals surface area contributed by atoms with Crippen molar-refractivity contribution in [1.29, 1.82) is 0 Å². The van der Waals surface area contributed by atoms with Gasteiger partial charge in [0.2, 0.25) is 0 Å². The first-order valence-electron chi connectivity index (χ1n) is 5.26. The van der Waals surface area contributed by atoms with Gasteiger partial charge in [0.1, 0.15) is 12.4 Å². The Bertz CT molecular complexity index is 277. The number of aliphatic hydroxyl groups excluding tert-OH is 1. The first kappa shape index (κ1) is 15.2. The predicted octanol–water partition coefficient (Wildman–Crippen LogP) is 1.77. The molecule has 0 aliphatic rings. The molecule has 0 amide bonds. The molecule has 4 heteroatoms. The van der Waals surface area contributed by atoms with Crippen molar-refractivity contribution in [2.45, 2.75) is 19.9 Å². The summed E-state index contributed by atoms with van der Waals surface area (Å²) >= 11 is 0. The molecular weight excluding hydrogens is 226 g/mol. The predicted molar refractivity (Wildman–Crippen MR) is 68.5 cm³/mol. The molecule has 0 saturated carbocycles. The number of hydrogen-bond acceptors (Lipinski definition) is 3. The summed E-state index contributed by atoms with van der Waals surface area (Å²) in [5.74, 6) is 0.888. The lowest BCUT2D eigenvalue weighted by Crippen LogP contribution is -2.32. The maximum absolute atomic E-state index is 8.78. The number of benzene rings is 1. The van der Waals surface area contributed by atoms with E-state index < -0.39 is 0 Å². The molecule has 2 N–H and O–H groups in total. The molecule has 1 aromatic carbocycles. The number of aryl methyl sites for hydroxylation is 1. The highest BCUT2D eigenvalue weighted by molar-refractivity contribution is 5.85. The van der Waals surface area contributed by atoms with Crippen LogP contribution in [-0.2, 0) is 0 Å². The van der Waals surface area contributed by atoms with Gasteiger partial charge in [0.25, 0.3) is 0 Å². The summed E-state index contributed by atoms with van der Waals surface area (Å²) in [6.07, 6.45) is 0. The van der Waals surface area contributed by atoms with E-state index in [-0.39, 0.29) is 25.1 Å². The van der Waals surface area contributed by atoms with Crippen molar-refractivity contribution in [3.8, 4) is 5.75 Å². The van der Waals surface area contributed by atoms with Crippen molar-refractivity contribution in [3.63, 3.8) is 0 Å². The average molecular weight is 246 g/mol. The summed E-state index contributed by atoms with van der Waals surface area (Å²) in [5.41, 5.74) is 1.23. The molecule has 3 nitrogen and oxygen atoms in total. The first-order chi connectivity index (χ1) is 7.22. The van der Waals surface area contributed by atoms with Crippen molar-refractivity contribution in [2.75, 3.05) is 19.8 Å². The Morgan fingerprint density at radius 3 is 2.50 bits per heavy atom. The fraction of sp³-hybridized carbons (Fsp3) is 0.500. The van der Waals surface area contributed by atoms with Crippen LogP contribution in [0, 0.1) is 6.92 Å². The van der Waals surface area contributed by atoms with Crippen LogP contribution in [0.15, 0.2) is 24.3 Å². The molecule has 16 heavy (non-hydrogen) atoms. The Kier molecular flexibility index (Phi) is 7.99. The molecule has 0 aliphatic heterocycles. The first-order valence-corrected chi connectivity index (χ1v) is 5.26.